The highest BCUT2D eigenvalue weighted by Crippen LogP contribution is 2.29. The molecule has 3 rings (SSSR count). The lowest BCUT2D eigenvalue weighted by Crippen LogP contribution is -2.37. The first kappa shape index (κ1) is 22.4. The summed E-state index contributed by atoms with van der Waals surface area (Å²) in [7, 11) is -8.54. The highest BCUT2D eigenvalue weighted by atomic mass is 32.2. The number of allylic oxidation sites excluding steroid dienone is 1. The third kappa shape index (κ3) is 4.86. The zero-order valence-corrected chi connectivity index (χ0v) is 18.6. The van der Waals surface area contributed by atoms with Crippen LogP contribution < -0.4 is 4.57 Å². The number of hydrogen-bond acceptors (Lipinski definition) is 4. The minimum atomic E-state index is -4.42. The normalized spacial score (nSPS) is 12.4. The van der Waals surface area contributed by atoms with Gasteiger partial charge in [0.25, 0.3) is 20.2 Å². The summed E-state index contributed by atoms with van der Waals surface area (Å²) < 4.78 is 66.3. The van der Waals surface area contributed by atoms with Gasteiger partial charge in [-0.15, -0.1) is 0 Å². The lowest BCUT2D eigenvalue weighted by atomic mass is 9.99. The summed E-state index contributed by atoms with van der Waals surface area (Å²) in [5.41, 5.74) is 4.30. The van der Waals surface area contributed by atoms with E-state index in [2.05, 4.69) is 0 Å². The van der Waals surface area contributed by atoms with Crippen molar-refractivity contribution in [3.8, 4) is 0 Å². The number of aryl methyl sites for hydroxylation is 2. The van der Waals surface area contributed by atoms with Gasteiger partial charge in [-0.25, -0.2) is 0 Å². The van der Waals surface area contributed by atoms with Gasteiger partial charge in [0.15, 0.2) is 6.54 Å². The summed E-state index contributed by atoms with van der Waals surface area (Å²) in [6.45, 7) is 6.10. The molecule has 0 saturated heterocycles. The van der Waals surface area contributed by atoms with E-state index in [0.29, 0.717) is 5.52 Å². The second-order valence-corrected chi connectivity index (χ2v) is 10.6. The number of nitrogens with zero attached hydrogens (tertiary/aromatic N) is 1. The van der Waals surface area contributed by atoms with E-state index in [1.54, 1.807) is 6.07 Å². The van der Waals surface area contributed by atoms with Crippen LogP contribution in [-0.4, -0.2) is 31.7 Å². The summed E-state index contributed by atoms with van der Waals surface area (Å²) >= 11 is 0. The molecule has 3 aromatic rings. The number of rotatable bonds is 6. The molecule has 0 aliphatic carbocycles. The van der Waals surface area contributed by atoms with E-state index in [4.69, 9.17) is 4.55 Å². The molecule has 30 heavy (non-hydrogen) atoms. The van der Waals surface area contributed by atoms with Gasteiger partial charge >= 0.3 is 0 Å². The fourth-order valence-corrected chi connectivity index (χ4v) is 4.58. The van der Waals surface area contributed by atoms with Crippen molar-refractivity contribution >= 4 is 48.1 Å². The quantitative estimate of drug-likeness (QED) is 0.337. The molecule has 160 valence electrons. The van der Waals surface area contributed by atoms with Gasteiger partial charge in [0.1, 0.15) is 4.90 Å². The first-order chi connectivity index (χ1) is 13.9. The first-order valence-corrected chi connectivity index (χ1v) is 12.4. The molecule has 0 aliphatic heterocycles. The molecule has 1 aromatic heterocycles. The van der Waals surface area contributed by atoms with Crippen molar-refractivity contribution < 1.29 is 30.5 Å². The van der Waals surface area contributed by atoms with Crippen LogP contribution in [-0.2, 0) is 26.8 Å². The SMILES string of the molecule is CC(C)=Cc1c2ccc(C)cc2[n+](CCCS(=O)(=O)O)c2cc(S(=O)(=O)O)ccc12. The maximum absolute atomic E-state index is 11.7. The van der Waals surface area contributed by atoms with Gasteiger partial charge in [-0.3, -0.25) is 9.11 Å². The summed E-state index contributed by atoms with van der Waals surface area (Å²) in [6, 6.07) is 10.3. The van der Waals surface area contributed by atoms with Crippen LogP contribution in [0.3, 0.4) is 0 Å². The minimum Gasteiger partial charge on any atom is -0.286 e. The second-order valence-electron chi connectivity index (χ2n) is 7.60. The lowest BCUT2D eigenvalue weighted by molar-refractivity contribution is -0.645. The van der Waals surface area contributed by atoms with Gasteiger partial charge < -0.3 is 0 Å². The van der Waals surface area contributed by atoms with Crippen molar-refractivity contribution in [3.05, 3.63) is 53.1 Å². The molecule has 7 nitrogen and oxygen atoms in total. The fourth-order valence-electron chi connectivity index (χ4n) is 3.58. The molecule has 0 aliphatic rings. The third-order valence-corrected chi connectivity index (χ3v) is 6.45. The molecule has 1 heterocycles. The largest absolute Gasteiger partial charge is 0.294 e. The fraction of sp³-hybridized carbons (Fsp3) is 0.286. The highest BCUT2D eigenvalue weighted by molar-refractivity contribution is 7.86. The van der Waals surface area contributed by atoms with Gasteiger partial charge in [-0.05, 0) is 44.5 Å². The number of pyridine rings is 1. The molecule has 0 spiro atoms. The second kappa shape index (κ2) is 8.07. The van der Waals surface area contributed by atoms with E-state index in [1.165, 1.54) is 12.1 Å². The van der Waals surface area contributed by atoms with Crippen LogP contribution in [0.2, 0.25) is 0 Å². The monoisotopic (exact) mass is 450 g/mol. The highest BCUT2D eigenvalue weighted by Gasteiger charge is 2.23. The Bertz CT molecular complexity index is 1390. The van der Waals surface area contributed by atoms with E-state index in [9.17, 15) is 21.4 Å². The Morgan fingerprint density at radius 2 is 1.57 bits per heavy atom. The van der Waals surface area contributed by atoms with E-state index in [0.717, 1.165) is 33.0 Å². The lowest BCUT2D eigenvalue weighted by Gasteiger charge is -2.12. The smallest absolute Gasteiger partial charge is 0.286 e. The molecular formula is C21H24NO6S2+. The van der Waals surface area contributed by atoms with E-state index in [1.807, 2.05) is 49.6 Å². The number of aromatic nitrogens is 1. The van der Waals surface area contributed by atoms with Crippen molar-refractivity contribution in [2.45, 2.75) is 38.6 Å². The van der Waals surface area contributed by atoms with Gasteiger partial charge in [0.2, 0.25) is 11.0 Å². The summed E-state index contributed by atoms with van der Waals surface area (Å²) in [6.07, 6.45) is 2.15. The number of hydrogen-bond donors (Lipinski definition) is 2. The van der Waals surface area contributed by atoms with Gasteiger partial charge in [0.05, 0.1) is 16.5 Å². The van der Waals surface area contributed by atoms with Crippen LogP contribution in [0.15, 0.2) is 46.9 Å². The van der Waals surface area contributed by atoms with Crippen LogP contribution in [0.25, 0.3) is 27.9 Å². The summed E-state index contributed by atoms with van der Waals surface area (Å²) in [5.74, 6) is -0.414. The molecular weight excluding hydrogens is 426 g/mol. The van der Waals surface area contributed by atoms with Gasteiger partial charge in [-0.2, -0.15) is 21.4 Å². The standard InChI is InChI=1S/C21H23NO6S2/c1-14(2)11-19-17-7-5-15(3)12-20(17)22(9-4-10-29(23,24)25)21-13-16(30(26,27)28)6-8-18(19)21/h5-8,11-13H,4,9-10H2,1-3H3,(H-,23,24,25,26,27,28)/p+1. The van der Waals surface area contributed by atoms with Crippen LogP contribution in [0.1, 0.15) is 31.4 Å². The molecule has 2 aromatic carbocycles. The Hall–Kier alpha value is -2.33. The molecule has 0 atom stereocenters. The van der Waals surface area contributed by atoms with Crippen LogP contribution in [0.5, 0.6) is 0 Å². The van der Waals surface area contributed by atoms with Crippen molar-refractivity contribution in [2.75, 3.05) is 5.75 Å². The molecule has 0 radical (unpaired) electrons. The average Bonchev–Trinajstić information content (AvgIpc) is 2.61. The van der Waals surface area contributed by atoms with Crippen LogP contribution in [0, 0.1) is 6.92 Å². The van der Waals surface area contributed by atoms with E-state index < -0.39 is 26.0 Å². The third-order valence-electron chi connectivity index (χ3n) is 4.80. The Balaban J connectivity index is 2.43. The molecule has 0 amide bonds. The van der Waals surface area contributed by atoms with Gasteiger partial charge in [0, 0.05) is 24.1 Å². The maximum atomic E-state index is 11.7. The zero-order chi connectivity index (χ0) is 22.3. The zero-order valence-electron chi connectivity index (χ0n) is 17.0. The van der Waals surface area contributed by atoms with Crippen LogP contribution in [0.4, 0.5) is 0 Å². The summed E-state index contributed by atoms with van der Waals surface area (Å²) in [4.78, 5) is -0.242. The van der Waals surface area contributed by atoms with E-state index in [-0.39, 0.29) is 17.9 Å². The Labute approximate surface area is 176 Å². The van der Waals surface area contributed by atoms with Crippen molar-refractivity contribution in [3.63, 3.8) is 0 Å². The minimum absolute atomic E-state index is 0.139. The van der Waals surface area contributed by atoms with Crippen LogP contribution >= 0.6 is 0 Å². The van der Waals surface area contributed by atoms with Crippen molar-refractivity contribution in [2.24, 2.45) is 0 Å². The Morgan fingerprint density at radius 1 is 0.967 bits per heavy atom. The maximum Gasteiger partial charge on any atom is 0.294 e. The van der Waals surface area contributed by atoms with Crippen molar-refractivity contribution in [1.29, 1.82) is 0 Å². The molecule has 0 fully saturated rings. The topological polar surface area (TPSA) is 113 Å². The number of fused-ring (bicyclic) bond motifs is 2. The summed E-state index contributed by atoms with van der Waals surface area (Å²) in [5, 5.41) is 1.70. The predicted octanol–water partition coefficient (Wildman–Crippen LogP) is 3.54. The van der Waals surface area contributed by atoms with Crippen molar-refractivity contribution in [1.82, 2.24) is 0 Å². The Kier molecular flexibility index (Phi) is 6.01. The molecule has 0 bridgehead atoms. The van der Waals surface area contributed by atoms with Gasteiger partial charge in [-0.1, -0.05) is 17.7 Å². The molecule has 0 unspecified atom stereocenters. The first-order valence-electron chi connectivity index (χ1n) is 9.34. The number of benzene rings is 2. The average molecular weight is 451 g/mol. The molecule has 2 N–H and O–H groups in total. The molecule has 0 saturated carbocycles. The predicted molar refractivity (Wildman–Crippen MR) is 117 cm³/mol. The molecule has 9 heteroatoms. The van der Waals surface area contributed by atoms with E-state index >= 15 is 0 Å². The Morgan fingerprint density at radius 3 is 2.13 bits per heavy atom.